The van der Waals surface area contributed by atoms with E-state index in [4.69, 9.17) is 0 Å². The second-order valence-electron chi connectivity index (χ2n) is 7.92. The third-order valence-corrected chi connectivity index (χ3v) is 5.83. The summed E-state index contributed by atoms with van der Waals surface area (Å²) in [5.74, 6) is 1.55. The Hall–Kier alpha value is -2.99. The van der Waals surface area contributed by atoms with E-state index < -0.39 is 0 Å². The molecule has 0 aliphatic carbocycles. The summed E-state index contributed by atoms with van der Waals surface area (Å²) >= 11 is 0. The van der Waals surface area contributed by atoms with E-state index in [9.17, 15) is 4.79 Å². The van der Waals surface area contributed by atoms with Gasteiger partial charge in [-0.3, -0.25) is 9.69 Å². The SMILES string of the molecule is CCc1cc(=O)[nH]c(-c2ccc(N3CCC(C)N(Cc4ccccc4)CC3)nc2)n1. The molecule has 3 heterocycles. The molecule has 30 heavy (non-hydrogen) atoms. The van der Waals surface area contributed by atoms with Crippen LogP contribution < -0.4 is 10.5 Å². The van der Waals surface area contributed by atoms with Gasteiger partial charge in [0, 0.05) is 55.7 Å². The van der Waals surface area contributed by atoms with Gasteiger partial charge in [0.05, 0.1) is 0 Å². The number of hydrogen-bond donors (Lipinski definition) is 1. The van der Waals surface area contributed by atoms with Gasteiger partial charge in [0.25, 0.3) is 5.56 Å². The van der Waals surface area contributed by atoms with Crippen LogP contribution in [-0.2, 0) is 13.0 Å². The van der Waals surface area contributed by atoms with Crippen molar-refractivity contribution in [2.75, 3.05) is 24.5 Å². The highest BCUT2D eigenvalue weighted by Crippen LogP contribution is 2.21. The molecule has 2 aromatic heterocycles. The van der Waals surface area contributed by atoms with Gasteiger partial charge in [0.1, 0.15) is 11.6 Å². The molecule has 1 unspecified atom stereocenters. The highest BCUT2D eigenvalue weighted by molar-refractivity contribution is 5.56. The summed E-state index contributed by atoms with van der Waals surface area (Å²) in [6.45, 7) is 8.23. The smallest absolute Gasteiger partial charge is 0.251 e. The number of rotatable bonds is 5. The largest absolute Gasteiger partial charge is 0.355 e. The lowest BCUT2D eigenvalue weighted by molar-refractivity contribution is 0.212. The molecule has 0 amide bonds. The number of nitrogens with zero attached hydrogens (tertiary/aromatic N) is 4. The average molecular weight is 404 g/mol. The zero-order chi connectivity index (χ0) is 20.9. The van der Waals surface area contributed by atoms with Gasteiger partial charge in [-0.1, -0.05) is 37.3 Å². The lowest BCUT2D eigenvalue weighted by Gasteiger charge is -2.26. The maximum absolute atomic E-state index is 11.9. The maximum Gasteiger partial charge on any atom is 0.251 e. The molecule has 0 saturated carbocycles. The van der Waals surface area contributed by atoms with Crippen LogP contribution in [0.1, 0.15) is 31.5 Å². The van der Waals surface area contributed by atoms with Gasteiger partial charge in [0.15, 0.2) is 0 Å². The van der Waals surface area contributed by atoms with E-state index >= 15 is 0 Å². The molecular weight excluding hydrogens is 374 g/mol. The van der Waals surface area contributed by atoms with Crippen molar-refractivity contribution in [3.63, 3.8) is 0 Å². The molecule has 6 heteroatoms. The fourth-order valence-corrected chi connectivity index (χ4v) is 3.93. The van der Waals surface area contributed by atoms with E-state index in [2.05, 4.69) is 62.0 Å². The summed E-state index contributed by atoms with van der Waals surface area (Å²) in [6, 6.07) is 16.8. The highest BCUT2D eigenvalue weighted by Gasteiger charge is 2.21. The summed E-state index contributed by atoms with van der Waals surface area (Å²) in [4.78, 5) is 28.8. The third-order valence-electron chi connectivity index (χ3n) is 5.83. The van der Waals surface area contributed by atoms with Gasteiger partial charge in [-0.05, 0) is 37.5 Å². The van der Waals surface area contributed by atoms with Crippen molar-refractivity contribution < 1.29 is 0 Å². The number of pyridine rings is 1. The van der Waals surface area contributed by atoms with Crippen molar-refractivity contribution in [2.45, 2.75) is 39.3 Å². The molecule has 4 rings (SSSR count). The first-order valence-electron chi connectivity index (χ1n) is 10.7. The van der Waals surface area contributed by atoms with Crippen LogP contribution in [0, 0.1) is 0 Å². The molecule has 0 radical (unpaired) electrons. The van der Waals surface area contributed by atoms with E-state index in [0.29, 0.717) is 11.9 Å². The summed E-state index contributed by atoms with van der Waals surface area (Å²) in [7, 11) is 0. The minimum atomic E-state index is -0.124. The van der Waals surface area contributed by atoms with Crippen molar-refractivity contribution in [3.8, 4) is 11.4 Å². The van der Waals surface area contributed by atoms with Gasteiger partial charge in [-0.25, -0.2) is 9.97 Å². The van der Waals surface area contributed by atoms with Crippen LogP contribution in [0.2, 0.25) is 0 Å². The standard InChI is InChI=1S/C24H29N5O/c1-3-21-15-23(30)27-24(26-21)20-9-10-22(25-16-20)28-12-11-18(2)29(14-13-28)17-19-7-5-4-6-8-19/h4-10,15-16,18H,3,11-14,17H2,1-2H3,(H,26,27,30). The lowest BCUT2D eigenvalue weighted by atomic mass is 10.1. The molecule has 3 aromatic rings. The zero-order valence-corrected chi connectivity index (χ0v) is 17.7. The molecular formula is C24H29N5O. The maximum atomic E-state index is 11.9. The van der Waals surface area contributed by atoms with Crippen LogP contribution in [0.5, 0.6) is 0 Å². The minimum Gasteiger partial charge on any atom is -0.355 e. The molecule has 1 atom stereocenters. The fraction of sp³-hybridized carbons (Fsp3) is 0.375. The molecule has 1 saturated heterocycles. The number of anilines is 1. The first-order chi connectivity index (χ1) is 14.6. The Morgan fingerprint density at radius 2 is 1.93 bits per heavy atom. The Balaban J connectivity index is 1.46. The molecule has 156 valence electrons. The molecule has 1 aliphatic heterocycles. The van der Waals surface area contributed by atoms with E-state index in [1.54, 1.807) is 6.07 Å². The number of benzene rings is 1. The lowest BCUT2D eigenvalue weighted by Crippen LogP contribution is -2.34. The number of nitrogens with one attached hydrogen (secondary N) is 1. The summed E-state index contributed by atoms with van der Waals surface area (Å²) < 4.78 is 0. The molecule has 1 fully saturated rings. The Morgan fingerprint density at radius 1 is 1.10 bits per heavy atom. The topological polar surface area (TPSA) is 65.1 Å². The summed E-state index contributed by atoms with van der Waals surface area (Å²) in [6.07, 6.45) is 3.64. The van der Waals surface area contributed by atoms with E-state index in [-0.39, 0.29) is 5.56 Å². The van der Waals surface area contributed by atoms with Crippen LogP contribution in [0.3, 0.4) is 0 Å². The van der Waals surface area contributed by atoms with Crippen molar-refractivity contribution in [1.29, 1.82) is 0 Å². The van der Waals surface area contributed by atoms with Crippen molar-refractivity contribution in [1.82, 2.24) is 19.9 Å². The quantitative estimate of drug-likeness (QED) is 0.706. The number of hydrogen-bond acceptors (Lipinski definition) is 5. The van der Waals surface area contributed by atoms with Gasteiger partial charge in [0.2, 0.25) is 0 Å². The van der Waals surface area contributed by atoms with Crippen LogP contribution in [0.25, 0.3) is 11.4 Å². The van der Waals surface area contributed by atoms with Crippen LogP contribution in [0.15, 0.2) is 59.5 Å². The second kappa shape index (κ2) is 9.22. The highest BCUT2D eigenvalue weighted by atomic mass is 16.1. The fourth-order valence-electron chi connectivity index (χ4n) is 3.93. The number of H-pyrrole nitrogens is 1. The molecule has 6 nitrogen and oxygen atoms in total. The Bertz CT molecular complexity index is 1020. The molecule has 0 spiro atoms. The van der Waals surface area contributed by atoms with Gasteiger partial charge in [-0.2, -0.15) is 0 Å². The first kappa shape index (κ1) is 20.3. The molecule has 1 aromatic carbocycles. The van der Waals surface area contributed by atoms with E-state index in [1.165, 1.54) is 5.56 Å². The van der Waals surface area contributed by atoms with E-state index in [0.717, 1.165) is 56.1 Å². The monoisotopic (exact) mass is 403 g/mol. The number of aryl methyl sites for hydroxylation is 1. The Morgan fingerprint density at radius 3 is 2.67 bits per heavy atom. The van der Waals surface area contributed by atoms with E-state index in [1.807, 2.05) is 25.3 Å². The van der Waals surface area contributed by atoms with Gasteiger partial charge in [-0.15, -0.1) is 0 Å². The van der Waals surface area contributed by atoms with Crippen LogP contribution in [-0.4, -0.2) is 45.5 Å². The number of aromatic nitrogens is 3. The third kappa shape index (κ3) is 4.76. The Labute approximate surface area is 177 Å². The second-order valence-corrected chi connectivity index (χ2v) is 7.92. The molecule has 1 aliphatic rings. The van der Waals surface area contributed by atoms with Crippen LogP contribution in [0.4, 0.5) is 5.82 Å². The van der Waals surface area contributed by atoms with Crippen LogP contribution >= 0.6 is 0 Å². The molecule has 0 bridgehead atoms. The minimum absolute atomic E-state index is 0.124. The van der Waals surface area contributed by atoms with Crippen molar-refractivity contribution in [3.05, 3.63) is 76.3 Å². The normalized spacial score (nSPS) is 17.7. The predicted octanol–water partition coefficient (Wildman–Crippen LogP) is 3.50. The van der Waals surface area contributed by atoms with Crippen molar-refractivity contribution >= 4 is 5.82 Å². The van der Waals surface area contributed by atoms with Gasteiger partial charge >= 0.3 is 0 Å². The average Bonchev–Trinajstić information content (AvgIpc) is 2.96. The predicted molar refractivity (Wildman–Crippen MR) is 121 cm³/mol. The summed E-state index contributed by atoms with van der Waals surface area (Å²) in [5.41, 5.74) is 2.86. The van der Waals surface area contributed by atoms with Gasteiger partial charge < -0.3 is 9.88 Å². The zero-order valence-electron chi connectivity index (χ0n) is 17.7. The van der Waals surface area contributed by atoms with Crippen molar-refractivity contribution in [2.24, 2.45) is 0 Å². The molecule has 1 N–H and O–H groups in total. The Kier molecular flexibility index (Phi) is 6.23. The number of aromatic amines is 1. The first-order valence-corrected chi connectivity index (χ1v) is 10.7. The summed E-state index contributed by atoms with van der Waals surface area (Å²) in [5, 5.41) is 0.